The third-order valence-corrected chi connectivity index (χ3v) is 10.3. The van der Waals surface area contributed by atoms with Crippen molar-refractivity contribution in [1.29, 1.82) is 0 Å². The van der Waals surface area contributed by atoms with Crippen LogP contribution in [0.25, 0.3) is 0 Å². The van der Waals surface area contributed by atoms with Gasteiger partial charge in [-0.1, -0.05) is 80.9 Å². The van der Waals surface area contributed by atoms with E-state index in [1.165, 1.54) is 22.6 Å². The maximum Gasteiger partial charge on any atom is 0.253 e. The number of benzene rings is 3. The Morgan fingerprint density at radius 3 is 2.06 bits per heavy atom. The van der Waals surface area contributed by atoms with Gasteiger partial charge in [-0.3, -0.25) is 14.6 Å². The molecule has 3 aromatic carbocycles. The van der Waals surface area contributed by atoms with Gasteiger partial charge in [0.25, 0.3) is 5.91 Å². The highest BCUT2D eigenvalue weighted by atomic mass is 32.2. The summed E-state index contributed by atoms with van der Waals surface area (Å²) >= 11 is 0. The van der Waals surface area contributed by atoms with Crippen LogP contribution in [0.5, 0.6) is 0 Å². The average Bonchev–Trinajstić information content (AvgIpc) is 3.10. The van der Waals surface area contributed by atoms with Crippen molar-refractivity contribution in [1.82, 2.24) is 19.9 Å². The lowest BCUT2D eigenvalue weighted by molar-refractivity contribution is -0.123. The summed E-state index contributed by atoms with van der Waals surface area (Å²) in [6, 6.07) is 25.4. The van der Waals surface area contributed by atoms with Crippen molar-refractivity contribution in [3.05, 3.63) is 126 Å². The minimum Gasteiger partial charge on any atom is -0.399 e. The normalized spacial score (nSPS) is 13.0. The standard InChI is InChI=1S/C38H47N5O5S/c1-27(2)25-43(49(47,48)33-19-17-31(39)18-20-33)32(26-44)16-10-11-22-41-38(46)36(42-37(45)34-24-40-23-21-28(34)3)35(29-12-6-4-7-13-29)30-14-8-5-9-15-30/h4-9,12-15,17-21,23-24,27,32,35-36,44H,10-11,16,22,25-26,39H2,1-3H3,(H,41,46)(H,42,45)/t32-,36-/m0/s1. The van der Waals surface area contributed by atoms with Crippen molar-refractivity contribution in [2.24, 2.45) is 5.92 Å². The van der Waals surface area contributed by atoms with Gasteiger partial charge in [0.1, 0.15) is 6.04 Å². The van der Waals surface area contributed by atoms with E-state index in [1.807, 2.05) is 81.4 Å². The number of unbranched alkanes of at least 4 members (excludes halogenated alkanes) is 1. The molecule has 4 aromatic rings. The van der Waals surface area contributed by atoms with Crippen LogP contribution in [-0.2, 0) is 14.8 Å². The number of carbonyl (C=O) groups is 2. The molecule has 11 heteroatoms. The van der Waals surface area contributed by atoms with E-state index in [1.54, 1.807) is 24.4 Å². The maximum absolute atomic E-state index is 14.0. The van der Waals surface area contributed by atoms with Gasteiger partial charge in [0.15, 0.2) is 0 Å². The van der Waals surface area contributed by atoms with Gasteiger partial charge in [-0.15, -0.1) is 0 Å². The lowest BCUT2D eigenvalue weighted by Crippen LogP contribution is -2.50. The van der Waals surface area contributed by atoms with Gasteiger partial charge in [-0.2, -0.15) is 4.31 Å². The van der Waals surface area contributed by atoms with Gasteiger partial charge in [-0.05, 0) is 72.7 Å². The van der Waals surface area contributed by atoms with Crippen molar-refractivity contribution in [2.45, 2.75) is 62.9 Å². The van der Waals surface area contributed by atoms with E-state index in [0.717, 1.165) is 16.7 Å². The van der Waals surface area contributed by atoms with Crippen molar-refractivity contribution >= 4 is 27.5 Å². The number of aliphatic hydroxyl groups is 1. The first-order chi connectivity index (χ1) is 23.5. The van der Waals surface area contributed by atoms with Crippen LogP contribution in [0, 0.1) is 12.8 Å². The number of nitrogen functional groups attached to an aromatic ring is 1. The van der Waals surface area contributed by atoms with E-state index in [4.69, 9.17) is 5.73 Å². The Bertz CT molecular complexity index is 1710. The monoisotopic (exact) mass is 685 g/mol. The molecule has 0 aliphatic heterocycles. The van der Waals surface area contributed by atoms with Crippen LogP contribution in [0.2, 0.25) is 0 Å². The molecule has 0 saturated heterocycles. The Balaban J connectivity index is 1.49. The highest BCUT2D eigenvalue weighted by molar-refractivity contribution is 7.89. The first kappa shape index (κ1) is 37.2. The van der Waals surface area contributed by atoms with Crippen LogP contribution in [0.4, 0.5) is 5.69 Å². The molecule has 0 saturated carbocycles. The summed E-state index contributed by atoms with van der Waals surface area (Å²) < 4.78 is 28.6. The number of nitrogens with zero attached hydrogens (tertiary/aromatic N) is 2. The third kappa shape index (κ3) is 9.97. The topological polar surface area (TPSA) is 155 Å². The van der Waals surface area contributed by atoms with Crippen LogP contribution in [-0.4, -0.2) is 66.4 Å². The summed E-state index contributed by atoms with van der Waals surface area (Å²) in [5, 5.41) is 16.3. The van der Waals surface area contributed by atoms with Crippen LogP contribution in [0.3, 0.4) is 0 Å². The van der Waals surface area contributed by atoms with Gasteiger partial charge in [0, 0.05) is 43.1 Å². The number of aliphatic hydroxyl groups excluding tert-OH is 1. The lowest BCUT2D eigenvalue weighted by atomic mass is 9.84. The number of anilines is 1. The van der Waals surface area contributed by atoms with Crippen molar-refractivity contribution in [3.8, 4) is 0 Å². The number of hydrogen-bond acceptors (Lipinski definition) is 7. The predicted octanol–water partition coefficient (Wildman–Crippen LogP) is 4.90. The van der Waals surface area contributed by atoms with Crippen molar-refractivity contribution in [2.75, 3.05) is 25.4 Å². The molecular formula is C38H47N5O5S. The Kier molecular flexibility index (Phi) is 13.5. The summed E-state index contributed by atoms with van der Waals surface area (Å²) in [6.45, 7) is 5.87. The largest absolute Gasteiger partial charge is 0.399 e. The summed E-state index contributed by atoms with van der Waals surface area (Å²) in [5.41, 5.74) is 9.11. The summed E-state index contributed by atoms with van der Waals surface area (Å²) in [5.74, 6) is -1.20. The van der Waals surface area contributed by atoms with E-state index >= 15 is 0 Å². The predicted molar refractivity (Wildman–Crippen MR) is 192 cm³/mol. The fourth-order valence-corrected chi connectivity index (χ4v) is 7.66. The molecule has 10 nitrogen and oxygen atoms in total. The number of nitrogens with two attached hydrogens (primary N) is 1. The third-order valence-electron chi connectivity index (χ3n) is 8.42. The zero-order chi connectivity index (χ0) is 35.4. The van der Waals surface area contributed by atoms with E-state index < -0.39 is 33.9 Å². The SMILES string of the molecule is Cc1ccncc1C(=O)N[C@H](C(=O)NCCCC[C@@H](CO)N(CC(C)C)S(=O)(=O)c1ccc(N)cc1)C(c1ccccc1)c1ccccc1. The number of amides is 2. The van der Waals surface area contributed by atoms with E-state index in [2.05, 4.69) is 15.6 Å². The number of hydrogen-bond donors (Lipinski definition) is 4. The molecule has 2 atom stereocenters. The molecule has 49 heavy (non-hydrogen) atoms. The number of sulfonamides is 1. The molecule has 1 aromatic heterocycles. The molecule has 0 fully saturated rings. The molecule has 0 radical (unpaired) electrons. The quantitative estimate of drug-likeness (QED) is 0.0911. The first-order valence-corrected chi connectivity index (χ1v) is 18.0. The second-order valence-corrected chi connectivity index (χ2v) is 14.5. The number of aryl methyl sites for hydroxylation is 1. The average molecular weight is 686 g/mol. The molecule has 0 unspecified atom stereocenters. The lowest BCUT2D eigenvalue weighted by Gasteiger charge is -2.31. The minimum absolute atomic E-state index is 0.0293. The fourth-order valence-electron chi connectivity index (χ4n) is 5.85. The van der Waals surface area contributed by atoms with E-state index in [9.17, 15) is 23.1 Å². The summed E-state index contributed by atoms with van der Waals surface area (Å²) in [4.78, 5) is 31.8. The van der Waals surface area contributed by atoms with Crippen LogP contribution < -0.4 is 16.4 Å². The fraction of sp³-hybridized carbons (Fsp3) is 0.342. The number of nitrogens with one attached hydrogen (secondary N) is 2. The Labute approximate surface area is 289 Å². The second kappa shape index (κ2) is 17.7. The maximum atomic E-state index is 14.0. The van der Waals surface area contributed by atoms with Crippen LogP contribution >= 0.6 is 0 Å². The molecule has 0 aliphatic carbocycles. The molecular weight excluding hydrogens is 639 g/mol. The molecule has 4 rings (SSSR count). The molecule has 0 spiro atoms. The zero-order valence-electron chi connectivity index (χ0n) is 28.3. The molecule has 2 amide bonds. The Morgan fingerprint density at radius 2 is 1.51 bits per heavy atom. The minimum atomic E-state index is -3.89. The molecule has 0 bridgehead atoms. The highest BCUT2D eigenvalue weighted by Gasteiger charge is 2.34. The van der Waals surface area contributed by atoms with Crippen LogP contribution in [0.1, 0.15) is 66.1 Å². The molecule has 0 aliphatic rings. The van der Waals surface area contributed by atoms with Crippen molar-refractivity contribution < 1.29 is 23.1 Å². The zero-order valence-corrected chi connectivity index (χ0v) is 29.1. The first-order valence-electron chi connectivity index (χ1n) is 16.6. The van der Waals surface area contributed by atoms with Gasteiger partial charge < -0.3 is 21.5 Å². The number of rotatable bonds is 17. The van der Waals surface area contributed by atoms with E-state index in [-0.39, 0.29) is 29.9 Å². The van der Waals surface area contributed by atoms with Gasteiger partial charge in [0.05, 0.1) is 17.1 Å². The van der Waals surface area contributed by atoms with Crippen LogP contribution in [0.15, 0.2) is 108 Å². The molecule has 5 N–H and O–H groups in total. The number of aromatic nitrogens is 1. The Hall–Kier alpha value is -4.58. The van der Waals surface area contributed by atoms with Crippen molar-refractivity contribution in [3.63, 3.8) is 0 Å². The van der Waals surface area contributed by atoms with Gasteiger partial charge in [0.2, 0.25) is 15.9 Å². The second-order valence-electron chi connectivity index (χ2n) is 12.6. The number of carbonyl (C=O) groups excluding carboxylic acids is 2. The Morgan fingerprint density at radius 1 is 0.898 bits per heavy atom. The smallest absolute Gasteiger partial charge is 0.253 e. The van der Waals surface area contributed by atoms with E-state index in [0.29, 0.717) is 37.1 Å². The van der Waals surface area contributed by atoms with Gasteiger partial charge in [-0.25, -0.2) is 8.42 Å². The summed E-state index contributed by atoms with van der Waals surface area (Å²) in [6.07, 6.45) is 4.58. The molecule has 1 heterocycles. The highest BCUT2D eigenvalue weighted by Crippen LogP contribution is 2.29. The molecule has 260 valence electrons. The number of pyridine rings is 1. The van der Waals surface area contributed by atoms with Gasteiger partial charge >= 0.3 is 0 Å². The summed E-state index contributed by atoms with van der Waals surface area (Å²) in [7, 11) is -3.89.